The van der Waals surface area contributed by atoms with E-state index < -0.39 is 0 Å². The molecule has 0 unspecified atom stereocenters. The number of hydrogen-bond donors (Lipinski definition) is 0. The van der Waals surface area contributed by atoms with Crippen molar-refractivity contribution in [2.75, 3.05) is 0 Å². The minimum Gasteiger partial charge on any atom is -0.456 e. The summed E-state index contributed by atoms with van der Waals surface area (Å²) in [6.45, 7) is 0. The lowest BCUT2D eigenvalue weighted by atomic mass is 9.95. The Hall–Kier alpha value is -19.3. The lowest BCUT2D eigenvalue weighted by molar-refractivity contribution is 0.669. The first-order valence-electron chi connectivity index (χ1n) is 49.4. The molecule has 0 fully saturated rings. The molecule has 0 N–H and O–H groups in total. The predicted octanol–water partition coefficient (Wildman–Crippen LogP) is 33.5. The number of fused-ring (bicyclic) bond motifs is 11. The Morgan fingerprint density at radius 3 is 0.833 bits per heavy atom. The number of furan rings is 1. The van der Waals surface area contributed by atoms with Crippen molar-refractivity contribution in [3.63, 3.8) is 0 Å². The van der Waals surface area contributed by atoms with Crippen LogP contribution < -0.4 is 0 Å². The van der Waals surface area contributed by atoms with Gasteiger partial charge in [0.2, 0.25) is 0 Å². The average Bonchev–Trinajstić information content (AvgIpc) is 1.50. The van der Waals surface area contributed by atoms with Crippen LogP contribution in [0.5, 0.6) is 0 Å². The first-order chi connectivity index (χ1) is 71.5. The lowest BCUT2D eigenvalue weighted by Crippen LogP contribution is -2.04. The van der Waals surface area contributed by atoms with Crippen LogP contribution >= 0.6 is 0 Å². The fraction of sp³-hybridized carbons (Fsp3) is 0.0152. The van der Waals surface area contributed by atoms with Crippen molar-refractivity contribution in [3.8, 4) is 62.6 Å². The van der Waals surface area contributed by atoms with Crippen LogP contribution in [0.1, 0.15) is 22.3 Å². The molecular weight excluding hydrogens is 1760 g/mol. The molecule has 0 atom stereocenters. The molecule has 144 heavy (non-hydrogen) atoms. The Labute approximate surface area is 819 Å². The highest BCUT2D eigenvalue weighted by molar-refractivity contribution is 6.45. The van der Waals surface area contributed by atoms with Gasteiger partial charge in [0.15, 0.2) is 17.5 Å². The second-order valence-corrected chi connectivity index (χ2v) is 38.8. The van der Waals surface area contributed by atoms with Gasteiger partial charge in [0.05, 0.1) is 88.3 Å². The van der Waals surface area contributed by atoms with E-state index in [4.69, 9.17) is 34.3 Å². The molecule has 0 amide bonds. The van der Waals surface area contributed by atoms with Gasteiger partial charge in [0, 0.05) is 98.1 Å². The summed E-state index contributed by atoms with van der Waals surface area (Å²) in [5.74, 6) is 2.52. The summed E-state index contributed by atoms with van der Waals surface area (Å²) in [6, 6.07) is 154. The summed E-state index contributed by atoms with van der Waals surface area (Å²) in [5.41, 5.74) is 32.4. The maximum atomic E-state index is 6.76. The van der Waals surface area contributed by atoms with E-state index in [-0.39, 0.29) is 0 Å². The second kappa shape index (κ2) is 29.2. The zero-order chi connectivity index (χ0) is 93.5. The van der Waals surface area contributed by atoms with E-state index in [1.807, 2.05) is 30.3 Å². The highest BCUT2D eigenvalue weighted by atomic mass is 16.3. The molecule has 0 spiro atoms. The monoisotopic (exact) mass is 1830 g/mol. The number of aromatic nitrogens is 11. The van der Waals surface area contributed by atoms with Crippen LogP contribution in [-0.4, -0.2) is 52.7 Å². The summed E-state index contributed by atoms with van der Waals surface area (Å²) < 4.78 is 18.8. The number of nitrogens with zero attached hydrogens (tertiary/aromatic N) is 11. The fourth-order valence-electron chi connectivity index (χ4n) is 25.7. The molecule has 664 valence electrons. The van der Waals surface area contributed by atoms with Crippen LogP contribution in [0, 0.1) is 0 Å². The maximum absolute atomic E-state index is 6.76. The average molecular weight is 1830 g/mol. The van der Waals surface area contributed by atoms with Gasteiger partial charge in [-0.15, -0.1) is 0 Å². The van der Waals surface area contributed by atoms with Crippen molar-refractivity contribution in [2.45, 2.75) is 12.8 Å². The van der Waals surface area contributed by atoms with Crippen molar-refractivity contribution in [1.29, 1.82) is 0 Å². The second-order valence-electron chi connectivity index (χ2n) is 38.8. The van der Waals surface area contributed by atoms with E-state index in [0.717, 1.165) is 158 Å². The quantitative estimate of drug-likeness (QED) is 0.139. The summed E-state index contributed by atoms with van der Waals surface area (Å²) in [7, 11) is 0. The Kier molecular flexibility index (Phi) is 15.7. The van der Waals surface area contributed by atoms with E-state index in [9.17, 15) is 0 Å². The first-order valence-corrected chi connectivity index (χ1v) is 49.4. The first kappa shape index (κ1) is 77.7. The van der Waals surface area contributed by atoms with Crippen LogP contribution in [0.15, 0.2) is 435 Å². The third-order valence-electron chi connectivity index (χ3n) is 31.4. The van der Waals surface area contributed by atoms with E-state index in [1.165, 1.54) is 179 Å². The van der Waals surface area contributed by atoms with Gasteiger partial charge >= 0.3 is 0 Å². The van der Waals surface area contributed by atoms with Gasteiger partial charge in [-0.05, 0) is 233 Å². The van der Waals surface area contributed by atoms with E-state index in [0.29, 0.717) is 0 Å². The predicted molar refractivity (Wildman–Crippen MR) is 596 cm³/mol. The highest BCUT2D eigenvalue weighted by Crippen LogP contribution is 2.57. The zero-order valence-electron chi connectivity index (χ0n) is 77.2. The molecule has 12 heteroatoms. The number of para-hydroxylation sites is 6. The van der Waals surface area contributed by atoms with Gasteiger partial charge in [0.25, 0.3) is 0 Å². The minimum atomic E-state index is 0.830. The molecule has 0 radical (unpaired) electrons. The molecule has 35 rings (SSSR count). The zero-order valence-corrected chi connectivity index (χ0v) is 77.2. The highest BCUT2D eigenvalue weighted by Gasteiger charge is 2.35. The smallest absolute Gasteiger partial charge is 0.165 e. The van der Waals surface area contributed by atoms with E-state index in [2.05, 4.69) is 423 Å². The van der Waals surface area contributed by atoms with E-state index >= 15 is 0 Å². The Morgan fingerprint density at radius 1 is 0.167 bits per heavy atom. The number of rotatable bonds is 8. The van der Waals surface area contributed by atoms with Crippen LogP contribution in [-0.2, 0) is 12.8 Å². The molecule has 2 aliphatic rings. The summed E-state index contributed by atoms with van der Waals surface area (Å²) in [5, 5.41) is 32.8. The molecule has 9 heterocycles. The minimum absolute atomic E-state index is 0.830. The van der Waals surface area contributed by atoms with Crippen LogP contribution in [0.4, 0.5) is 0 Å². The largest absolute Gasteiger partial charge is 0.456 e. The topological polar surface area (TPSA) is 115 Å². The molecule has 0 saturated carbocycles. The standard InChI is InChI=1S/C45H24N4O.C45H26N4.C42H25N3/c1-3-9-24(10-4-1)44-45(47-29-14-8-7-13-28(29)46-44)49-32-18-16-26-23-25-15-17-30-38-36(25)37(26)39(32)41-33(49)20-22-35-43(41)42-34(50-35)21-19-31(40(38)42)48(30)27-11-5-2-6-12-27;1-3-11-26(12-4-1)44-45(47-33-18-8-7-17-32(33)46-44)49-35-20-10-16-31-30-15-9-19-34-40(30)42-36(48(34)29-13-5-2-6-14-29)23-21-27-25-28-22-24-37(49)43(41(31)35)39(28)38(27)42;1-2-13-27(14-3-1)40-42(44-41-28-15-5-4-12-26(28)24-25-35(41)43-40)45-36-22-10-20-33-31-18-8-6-16-29(31)30-17-7-9-19-32(30)34-21-11-23-37(45)39(34)38(33)36/h1-22H,23H2;1-24H,25H2;1-25H. The van der Waals surface area contributed by atoms with Crippen molar-refractivity contribution < 1.29 is 4.42 Å². The third-order valence-corrected chi connectivity index (χ3v) is 31.4. The number of benzene rings is 21. The Balaban J connectivity index is 0.0000000951. The van der Waals surface area contributed by atoms with Crippen molar-refractivity contribution in [3.05, 3.63) is 453 Å². The van der Waals surface area contributed by atoms with Gasteiger partial charge in [-0.2, -0.15) is 0 Å². The molecule has 0 saturated heterocycles. The Morgan fingerprint density at radius 2 is 0.438 bits per heavy atom. The maximum Gasteiger partial charge on any atom is 0.165 e. The lowest BCUT2D eigenvalue weighted by Gasteiger charge is -2.14. The number of hydrogen-bond acceptors (Lipinski definition) is 7. The van der Waals surface area contributed by atoms with Gasteiger partial charge in [-0.3, -0.25) is 13.7 Å². The van der Waals surface area contributed by atoms with Crippen molar-refractivity contribution in [2.24, 2.45) is 0 Å². The van der Waals surface area contributed by atoms with Gasteiger partial charge in [0.1, 0.15) is 28.2 Å². The molecule has 9 aromatic heterocycles. The van der Waals surface area contributed by atoms with Gasteiger partial charge in [-0.25, -0.2) is 29.9 Å². The van der Waals surface area contributed by atoms with Crippen molar-refractivity contribution >= 4 is 239 Å². The molecule has 33 aromatic rings. The molecule has 24 aromatic carbocycles. The van der Waals surface area contributed by atoms with Crippen molar-refractivity contribution in [1.82, 2.24) is 52.7 Å². The fourth-order valence-corrected chi connectivity index (χ4v) is 25.7. The molecular formula is C132H75N11O. The van der Waals surface area contributed by atoms with Crippen LogP contribution in [0.25, 0.3) is 302 Å². The molecule has 12 nitrogen and oxygen atoms in total. The van der Waals surface area contributed by atoms with Gasteiger partial charge in [-0.1, -0.05) is 303 Å². The third kappa shape index (κ3) is 10.6. The SMILES string of the molecule is c1ccc(-c2nc3ccc4ccccc4c3nc2-n2c3cccc4c5ccccc5c5ccccc5c5cccc2c5c43)cc1.c1ccc(-c2nc3ccccc3nc2-n2c3ccc4c5c6c(ccc7c6c6c8c(ccc6n7-c6ccccc6)oc6ccc2c(c68)c53)C4)cc1.c1ccc(-c2nc3ccccc3nc2-n2c3cccc4c5cccc6c5c5c7c(ccc5n6-c5ccccc5)Cc5ccc2c(c57)c43)cc1. The van der Waals surface area contributed by atoms with Crippen LogP contribution in [0.2, 0.25) is 0 Å². The normalized spacial score (nSPS) is 12.7. The van der Waals surface area contributed by atoms with Gasteiger partial charge < -0.3 is 13.6 Å². The summed E-state index contributed by atoms with van der Waals surface area (Å²) in [6.07, 6.45) is 1.84. The Bertz CT molecular complexity index is 11300. The van der Waals surface area contributed by atoms with Crippen LogP contribution in [0.3, 0.4) is 0 Å². The molecule has 0 bridgehead atoms. The van der Waals surface area contributed by atoms with E-state index in [1.54, 1.807) is 0 Å². The molecule has 2 aliphatic carbocycles. The molecule has 0 aliphatic heterocycles. The summed E-state index contributed by atoms with van der Waals surface area (Å²) >= 11 is 0. The summed E-state index contributed by atoms with van der Waals surface area (Å²) in [4.78, 5) is 32.3.